The molecule has 1 aromatic heterocycles. The van der Waals surface area contributed by atoms with Crippen LogP contribution in [0, 0.1) is 18.7 Å². The van der Waals surface area contributed by atoms with Crippen LogP contribution in [0.1, 0.15) is 48.9 Å². The van der Waals surface area contributed by atoms with Crippen molar-refractivity contribution in [1.82, 2.24) is 9.88 Å². The summed E-state index contributed by atoms with van der Waals surface area (Å²) in [5.74, 6) is -0.896. The van der Waals surface area contributed by atoms with E-state index >= 15 is 0 Å². The van der Waals surface area contributed by atoms with Gasteiger partial charge in [0, 0.05) is 38.2 Å². The highest BCUT2D eigenvalue weighted by atomic mass is 19.4. The first-order valence-electron chi connectivity index (χ1n) is 15.3. The number of piperazine rings is 1. The van der Waals surface area contributed by atoms with Gasteiger partial charge in [0.15, 0.2) is 0 Å². The maximum absolute atomic E-state index is 14.2. The average molecular weight is 681 g/mol. The number of benzene rings is 2. The van der Waals surface area contributed by atoms with Gasteiger partial charge in [0.1, 0.15) is 11.6 Å². The van der Waals surface area contributed by atoms with Crippen LogP contribution >= 0.6 is 0 Å². The monoisotopic (exact) mass is 680 g/mol. The average Bonchev–Trinajstić information content (AvgIpc) is 3.88. The first-order valence-corrected chi connectivity index (χ1v) is 15.3. The highest BCUT2D eigenvalue weighted by Gasteiger charge is 2.42. The van der Waals surface area contributed by atoms with E-state index < -0.39 is 52.2 Å². The second kappa shape index (κ2) is 12.7. The van der Waals surface area contributed by atoms with Crippen LogP contribution in [0.4, 0.5) is 42.2 Å². The topological polar surface area (TPSA) is 77.0 Å². The van der Waals surface area contributed by atoms with Crippen molar-refractivity contribution in [2.45, 2.75) is 57.4 Å². The van der Waals surface area contributed by atoms with E-state index in [1.807, 2.05) is 4.90 Å². The maximum Gasteiger partial charge on any atom is 0.416 e. The number of hydrogen-bond acceptors (Lipinski definition) is 5. The van der Waals surface area contributed by atoms with E-state index in [9.17, 15) is 45.4 Å². The summed E-state index contributed by atoms with van der Waals surface area (Å²) < 4.78 is 96.1. The predicted octanol–water partition coefficient (Wildman–Crippen LogP) is 6.59. The molecule has 1 atom stereocenters. The van der Waals surface area contributed by atoms with Crippen molar-refractivity contribution >= 4 is 23.3 Å². The molecule has 0 bridgehead atoms. The zero-order valence-electron chi connectivity index (χ0n) is 26.7. The van der Waals surface area contributed by atoms with Gasteiger partial charge in [-0.2, -0.15) is 26.3 Å². The van der Waals surface area contributed by atoms with E-state index in [2.05, 4.69) is 4.98 Å². The Morgan fingerprint density at radius 1 is 0.917 bits per heavy atom. The van der Waals surface area contributed by atoms with Crippen molar-refractivity contribution in [3.05, 3.63) is 76.7 Å². The fourth-order valence-corrected chi connectivity index (χ4v) is 6.08. The number of aliphatic hydroxyl groups excluding tert-OH is 1. The Labute approximate surface area is 273 Å². The number of pyridine rings is 1. The molecule has 5 rings (SSSR count). The van der Waals surface area contributed by atoms with Gasteiger partial charge in [0.2, 0.25) is 11.8 Å². The second-order valence-corrected chi connectivity index (χ2v) is 12.9. The Balaban J connectivity index is 1.55. The molecule has 1 aliphatic carbocycles. The van der Waals surface area contributed by atoms with Crippen LogP contribution in [0.5, 0.6) is 0 Å². The minimum absolute atomic E-state index is 0.00708. The molecule has 2 aliphatic rings. The minimum Gasteiger partial charge on any atom is -0.394 e. The van der Waals surface area contributed by atoms with E-state index in [1.165, 1.54) is 45.3 Å². The molecule has 2 aromatic carbocycles. The van der Waals surface area contributed by atoms with Crippen molar-refractivity contribution < 1.29 is 45.4 Å². The van der Waals surface area contributed by atoms with Crippen molar-refractivity contribution in [2.24, 2.45) is 5.92 Å². The number of nitrogens with zero attached hydrogens (tertiary/aromatic N) is 4. The molecule has 3 aromatic rings. The highest BCUT2D eigenvalue weighted by Crippen LogP contribution is 2.42. The number of likely N-dealkylation sites (N-methyl/N-ethyl adjacent to an activating group) is 1. The number of aromatic nitrogens is 1. The number of rotatable bonds is 7. The lowest BCUT2D eigenvalue weighted by Crippen LogP contribution is -2.57. The lowest BCUT2D eigenvalue weighted by Gasteiger charge is -2.41. The smallest absolute Gasteiger partial charge is 0.394 e. The van der Waals surface area contributed by atoms with Crippen LogP contribution in [0.15, 0.2) is 48.7 Å². The Hall–Kier alpha value is -4.20. The summed E-state index contributed by atoms with van der Waals surface area (Å²) in [5.41, 5.74) is -3.92. The van der Waals surface area contributed by atoms with Crippen molar-refractivity contribution in [2.75, 3.05) is 43.1 Å². The fourth-order valence-electron chi connectivity index (χ4n) is 6.08. The normalized spacial score (nSPS) is 17.5. The number of carbonyl (C=O) groups is 2. The third kappa shape index (κ3) is 6.99. The van der Waals surface area contributed by atoms with E-state index in [-0.39, 0.29) is 36.7 Å². The molecular formula is C34H35F7N4O3. The highest BCUT2D eigenvalue weighted by molar-refractivity contribution is 6.03. The van der Waals surface area contributed by atoms with E-state index in [1.54, 1.807) is 17.9 Å². The molecular weight excluding hydrogens is 645 g/mol. The van der Waals surface area contributed by atoms with Crippen LogP contribution < -0.4 is 9.80 Å². The molecule has 1 saturated carbocycles. The first kappa shape index (κ1) is 35.1. The molecule has 258 valence electrons. The van der Waals surface area contributed by atoms with Gasteiger partial charge in [-0.1, -0.05) is 6.07 Å². The number of aliphatic hydroxyl groups is 1. The Kier molecular flexibility index (Phi) is 9.28. The van der Waals surface area contributed by atoms with Crippen molar-refractivity contribution in [3.63, 3.8) is 0 Å². The van der Waals surface area contributed by atoms with Gasteiger partial charge in [-0.3, -0.25) is 9.59 Å². The molecule has 7 nitrogen and oxygen atoms in total. The van der Waals surface area contributed by atoms with Gasteiger partial charge in [-0.05, 0) is 86.7 Å². The summed E-state index contributed by atoms with van der Waals surface area (Å²) in [4.78, 5) is 36.0. The summed E-state index contributed by atoms with van der Waals surface area (Å²) in [6.45, 7) is 4.84. The molecule has 0 radical (unpaired) electrons. The fraction of sp³-hybridized carbons (Fsp3) is 0.441. The summed E-state index contributed by atoms with van der Waals surface area (Å²) >= 11 is 0. The van der Waals surface area contributed by atoms with E-state index in [0.717, 1.165) is 17.7 Å². The summed E-state index contributed by atoms with van der Waals surface area (Å²) in [7, 11) is 1.33. The number of alkyl halides is 6. The maximum atomic E-state index is 14.2. The SMILES string of the molecule is Cc1cc(F)ccc1-c1cc(N2CCN(C(=O)C3CC3)C[C@H]2CO)ncc1N(C)C(=O)C(C)(C)c1cc(C(F)(F)F)cc(C(F)(F)F)c1. The summed E-state index contributed by atoms with van der Waals surface area (Å²) in [6.07, 6.45) is -7.17. The lowest BCUT2D eigenvalue weighted by atomic mass is 9.81. The van der Waals surface area contributed by atoms with Gasteiger partial charge in [0.25, 0.3) is 0 Å². The molecule has 1 saturated heterocycles. The van der Waals surface area contributed by atoms with Gasteiger partial charge in [-0.25, -0.2) is 9.37 Å². The number of aryl methyl sites for hydroxylation is 1. The predicted molar refractivity (Wildman–Crippen MR) is 165 cm³/mol. The molecule has 2 fully saturated rings. The molecule has 2 heterocycles. The molecule has 2 amide bonds. The van der Waals surface area contributed by atoms with Gasteiger partial charge in [-0.15, -0.1) is 0 Å². The third-order valence-electron chi connectivity index (χ3n) is 9.08. The van der Waals surface area contributed by atoms with E-state index in [0.29, 0.717) is 47.7 Å². The number of anilines is 2. The van der Waals surface area contributed by atoms with Gasteiger partial charge in [0.05, 0.1) is 41.1 Å². The third-order valence-corrected chi connectivity index (χ3v) is 9.08. The van der Waals surface area contributed by atoms with E-state index in [4.69, 9.17) is 0 Å². The number of amides is 2. The van der Waals surface area contributed by atoms with Crippen LogP contribution in [0.25, 0.3) is 11.1 Å². The largest absolute Gasteiger partial charge is 0.416 e. The van der Waals surface area contributed by atoms with Gasteiger partial charge >= 0.3 is 12.4 Å². The number of carbonyl (C=O) groups excluding carboxylic acids is 2. The number of hydrogen-bond donors (Lipinski definition) is 1. The quantitative estimate of drug-likeness (QED) is 0.285. The van der Waals surface area contributed by atoms with Crippen molar-refractivity contribution in [1.29, 1.82) is 0 Å². The van der Waals surface area contributed by atoms with Gasteiger partial charge < -0.3 is 19.8 Å². The lowest BCUT2D eigenvalue weighted by molar-refractivity contribution is -0.143. The standard InChI is InChI=1S/C34H35F7N4O3/c1-19-11-24(35)7-8-26(19)27-15-29(45-10-9-44(17-25(45)18-46)30(47)20-5-6-20)42-16-28(27)43(4)31(48)32(2,3)21-12-22(33(36,37)38)14-23(13-21)34(39,40)41/h7-8,11-16,20,25,46H,5-6,9-10,17-18H2,1-4H3/t25-/m0/s1. The zero-order chi connectivity index (χ0) is 35.3. The molecule has 48 heavy (non-hydrogen) atoms. The van der Waals surface area contributed by atoms with Crippen LogP contribution in [0.2, 0.25) is 0 Å². The molecule has 1 N–H and O–H groups in total. The molecule has 0 spiro atoms. The van der Waals surface area contributed by atoms with Crippen LogP contribution in [0.3, 0.4) is 0 Å². The first-order chi connectivity index (χ1) is 22.3. The van der Waals surface area contributed by atoms with Crippen molar-refractivity contribution in [3.8, 4) is 11.1 Å². The summed E-state index contributed by atoms with van der Waals surface area (Å²) in [6, 6.07) is 6.22. The molecule has 14 heteroatoms. The summed E-state index contributed by atoms with van der Waals surface area (Å²) in [5, 5.41) is 10.2. The Morgan fingerprint density at radius 2 is 1.52 bits per heavy atom. The Morgan fingerprint density at radius 3 is 2.06 bits per heavy atom. The molecule has 1 aliphatic heterocycles. The second-order valence-electron chi connectivity index (χ2n) is 12.9. The molecule has 0 unspecified atom stereocenters. The minimum atomic E-state index is -5.10. The van der Waals surface area contributed by atoms with Crippen LogP contribution in [-0.4, -0.2) is 66.1 Å². The van der Waals surface area contributed by atoms with Crippen LogP contribution in [-0.2, 0) is 27.4 Å². The Bertz CT molecular complexity index is 1690. The number of halogens is 7. The zero-order valence-corrected chi connectivity index (χ0v) is 26.7.